The van der Waals surface area contributed by atoms with Crippen LogP contribution in [0.5, 0.6) is 0 Å². The number of phosphoric ester groups is 1. The van der Waals surface area contributed by atoms with E-state index in [1.807, 2.05) is 0 Å². The van der Waals surface area contributed by atoms with E-state index in [0.717, 1.165) is 25.7 Å². The third-order valence-electron chi connectivity index (χ3n) is 3.50. The minimum atomic E-state index is -3.82. The van der Waals surface area contributed by atoms with Gasteiger partial charge < -0.3 is 10.4 Å². The molecule has 0 amide bonds. The molecule has 136 valence electrons. The van der Waals surface area contributed by atoms with Gasteiger partial charge in [0.05, 0.1) is 13.2 Å². The van der Waals surface area contributed by atoms with Gasteiger partial charge in [-0.1, -0.05) is 78.1 Å². The highest BCUT2D eigenvalue weighted by atomic mass is 31.2. The van der Waals surface area contributed by atoms with E-state index >= 15 is 0 Å². The molecule has 0 fully saturated rings. The first kappa shape index (κ1) is 24.3. The molecule has 0 aliphatic carbocycles. The Morgan fingerprint density at radius 3 is 1.36 bits per heavy atom. The second kappa shape index (κ2) is 17.4. The summed E-state index contributed by atoms with van der Waals surface area (Å²) in [5.74, 6) is 0. The van der Waals surface area contributed by atoms with Gasteiger partial charge in [-0.3, -0.25) is 9.05 Å². The van der Waals surface area contributed by atoms with Gasteiger partial charge in [0.15, 0.2) is 0 Å². The van der Waals surface area contributed by atoms with Crippen molar-refractivity contribution in [3.8, 4) is 0 Å². The van der Waals surface area contributed by atoms with Crippen molar-refractivity contribution in [1.29, 1.82) is 0 Å². The number of hydrogen-bond donors (Lipinski definition) is 1. The van der Waals surface area contributed by atoms with E-state index in [0.29, 0.717) is 13.2 Å². The molecular weight excluding hydrogens is 303 g/mol. The molecule has 0 aliphatic heterocycles. The second-order valence-corrected chi connectivity index (χ2v) is 7.12. The zero-order valence-corrected chi connectivity index (χ0v) is 15.4. The Balaban J connectivity index is 0. The van der Waals surface area contributed by atoms with Crippen molar-refractivity contribution in [3.63, 3.8) is 0 Å². The fourth-order valence-corrected chi connectivity index (χ4v) is 2.96. The van der Waals surface area contributed by atoms with Crippen LogP contribution < -0.4 is 0 Å². The zero-order chi connectivity index (χ0) is 15.8. The molecule has 0 heterocycles. The summed E-state index contributed by atoms with van der Waals surface area (Å²) in [4.78, 5) is 9.51. The van der Waals surface area contributed by atoms with Crippen LogP contribution in [-0.4, -0.2) is 23.6 Å². The van der Waals surface area contributed by atoms with Crippen LogP contribution in [-0.2, 0) is 13.6 Å². The summed E-state index contributed by atoms with van der Waals surface area (Å²) in [5.41, 5.74) is 0. The summed E-state index contributed by atoms with van der Waals surface area (Å²) in [6.45, 7) is 5.01. The monoisotopic (exact) mass is 340 g/mol. The molecule has 0 spiro atoms. The summed E-state index contributed by atoms with van der Waals surface area (Å²) >= 11 is 0. The lowest BCUT2D eigenvalue weighted by molar-refractivity contribution is 0.145. The molecule has 0 bridgehead atoms. The molecule has 0 aromatic rings. The Labute approximate surface area is 136 Å². The van der Waals surface area contributed by atoms with Gasteiger partial charge >= 0.3 is 7.82 Å². The number of unbranched alkanes of at least 4 members (excludes halogenated alkanes) is 10. The van der Waals surface area contributed by atoms with Gasteiger partial charge in [0.2, 0.25) is 0 Å². The fraction of sp³-hybridized carbons (Fsp3) is 1.00. The average molecular weight is 340 g/mol. The Hall–Kier alpha value is 0.0700. The van der Waals surface area contributed by atoms with Gasteiger partial charge in [-0.05, 0) is 12.8 Å². The quantitative estimate of drug-likeness (QED) is 0.316. The molecule has 5 nitrogen and oxygen atoms in total. The van der Waals surface area contributed by atoms with E-state index in [4.69, 9.17) is 9.05 Å². The van der Waals surface area contributed by atoms with Crippen molar-refractivity contribution in [3.05, 3.63) is 0 Å². The molecule has 0 aromatic carbocycles. The van der Waals surface area contributed by atoms with Crippen LogP contribution in [0.1, 0.15) is 90.9 Å². The van der Waals surface area contributed by atoms with Gasteiger partial charge in [-0.15, -0.1) is 0 Å². The highest BCUT2D eigenvalue weighted by Crippen LogP contribution is 2.43. The Morgan fingerprint density at radius 2 is 1.00 bits per heavy atom. The van der Waals surface area contributed by atoms with Gasteiger partial charge in [-0.25, -0.2) is 4.57 Å². The summed E-state index contributed by atoms with van der Waals surface area (Å²) < 4.78 is 21.5. The van der Waals surface area contributed by atoms with Gasteiger partial charge in [-0.2, -0.15) is 0 Å². The summed E-state index contributed by atoms with van der Waals surface area (Å²) in [6, 6.07) is 0. The lowest BCUT2D eigenvalue weighted by Gasteiger charge is -2.12. The van der Waals surface area contributed by atoms with E-state index < -0.39 is 7.82 Å². The first-order valence-electron chi connectivity index (χ1n) is 8.74. The van der Waals surface area contributed by atoms with Gasteiger partial charge in [0.25, 0.3) is 0 Å². The first-order chi connectivity index (χ1) is 10.1. The summed E-state index contributed by atoms with van der Waals surface area (Å²) in [7, 11) is -3.82. The second-order valence-electron chi connectivity index (χ2n) is 5.67. The average Bonchev–Trinajstić information content (AvgIpc) is 2.45. The smallest absolute Gasteiger partial charge is 0.412 e. The van der Waals surface area contributed by atoms with E-state index in [2.05, 4.69) is 13.8 Å². The van der Waals surface area contributed by atoms with E-state index in [-0.39, 0.29) is 5.48 Å². The SMILES string of the molecule is CCCCCCCCOP(=O)(O)OCCCCCCCC.O. The highest BCUT2D eigenvalue weighted by Gasteiger charge is 2.19. The Bertz CT molecular complexity index is 239. The third kappa shape index (κ3) is 18.1. The molecule has 6 heteroatoms. The molecule has 22 heavy (non-hydrogen) atoms. The fourth-order valence-electron chi connectivity index (χ4n) is 2.16. The Morgan fingerprint density at radius 1 is 0.682 bits per heavy atom. The summed E-state index contributed by atoms with van der Waals surface area (Å²) in [5, 5.41) is 0. The molecule has 0 unspecified atom stereocenters. The Kier molecular flexibility index (Phi) is 19.3. The molecule has 0 atom stereocenters. The van der Waals surface area contributed by atoms with Crippen molar-refractivity contribution < 1.29 is 24.0 Å². The normalized spacial score (nSPS) is 11.4. The first-order valence-corrected chi connectivity index (χ1v) is 10.2. The number of rotatable bonds is 16. The predicted molar refractivity (Wildman–Crippen MR) is 92.1 cm³/mol. The van der Waals surface area contributed by atoms with Gasteiger partial charge in [0, 0.05) is 0 Å². The van der Waals surface area contributed by atoms with Crippen LogP contribution in [0, 0.1) is 0 Å². The van der Waals surface area contributed by atoms with Gasteiger partial charge in [0.1, 0.15) is 0 Å². The minimum absolute atomic E-state index is 0. The lowest BCUT2D eigenvalue weighted by atomic mass is 10.1. The molecule has 0 saturated carbocycles. The number of phosphoric acid groups is 1. The minimum Gasteiger partial charge on any atom is -0.412 e. The van der Waals surface area contributed by atoms with Crippen LogP contribution in [0.25, 0.3) is 0 Å². The van der Waals surface area contributed by atoms with Crippen molar-refractivity contribution >= 4 is 7.82 Å². The van der Waals surface area contributed by atoms with E-state index in [9.17, 15) is 9.46 Å². The molecule has 0 rings (SSSR count). The zero-order valence-electron chi connectivity index (χ0n) is 14.5. The van der Waals surface area contributed by atoms with Crippen molar-refractivity contribution in [2.75, 3.05) is 13.2 Å². The van der Waals surface area contributed by atoms with Crippen molar-refractivity contribution in [1.82, 2.24) is 0 Å². The molecular formula is C16H37O5P. The lowest BCUT2D eigenvalue weighted by Crippen LogP contribution is -1.99. The van der Waals surface area contributed by atoms with Crippen LogP contribution in [0.4, 0.5) is 0 Å². The predicted octanol–water partition coefficient (Wildman–Crippen LogP) is 5.02. The largest absolute Gasteiger partial charge is 0.472 e. The molecule has 0 radical (unpaired) electrons. The summed E-state index contributed by atoms with van der Waals surface area (Å²) in [6.07, 6.45) is 13.6. The molecule has 0 saturated heterocycles. The maximum Gasteiger partial charge on any atom is 0.472 e. The van der Waals surface area contributed by atoms with Crippen LogP contribution in [0.15, 0.2) is 0 Å². The van der Waals surface area contributed by atoms with Crippen molar-refractivity contribution in [2.24, 2.45) is 0 Å². The van der Waals surface area contributed by atoms with Crippen molar-refractivity contribution in [2.45, 2.75) is 90.9 Å². The maximum absolute atomic E-state index is 11.6. The third-order valence-corrected chi connectivity index (χ3v) is 4.52. The van der Waals surface area contributed by atoms with Crippen LogP contribution >= 0.6 is 7.82 Å². The van der Waals surface area contributed by atoms with E-state index in [1.165, 1.54) is 51.4 Å². The molecule has 0 aromatic heterocycles. The van der Waals surface area contributed by atoms with E-state index in [1.54, 1.807) is 0 Å². The molecule has 3 N–H and O–H groups in total. The molecule has 0 aliphatic rings. The highest BCUT2D eigenvalue weighted by molar-refractivity contribution is 7.47. The standard InChI is InChI=1S/C16H35O4P.H2O/c1-3-5-7-9-11-13-15-19-21(17,18)20-16-14-12-10-8-6-4-2;/h3-16H2,1-2H3,(H,17,18);1H2. The topological polar surface area (TPSA) is 87.3 Å². The van der Waals surface area contributed by atoms with Crippen LogP contribution in [0.2, 0.25) is 0 Å². The number of hydrogen-bond acceptors (Lipinski definition) is 3. The van der Waals surface area contributed by atoms with Crippen LogP contribution in [0.3, 0.4) is 0 Å². The maximum atomic E-state index is 11.6.